The van der Waals surface area contributed by atoms with E-state index in [9.17, 15) is 14.7 Å². The number of amides is 1. The molecule has 2 aromatic carbocycles. The van der Waals surface area contributed by atoms with Crippen molar-refractivity contribution in [2.75, 3.05) is 18.6 Å². The molecule has 0 bridgehead atoms. The second-order valence-electron chi connectivity index (χ2n) is 5.78. The number of methoxy groups -OCH3 is 1. The number of rotatable bonds is 6. The van der Waals surface area contributed by atoms with Crippen LogP contribution in [0, 0.1) is 12.3 Å². The molecule has 1 heterocycles. The van der Waals surface area contributed by atoms with Crippen LogP contribution >= 0.6 is 24.0 Å². The van der Waals surface area contributed by atoms with Crippen molar-refractivity contribution in [1.82, 2.24) is 0 Å². The van der Waals surface area contributed by atoms with Crippen molar-refractivity contribution >= 4 is 51.9 Å². The van der Waals surface area contributed by atoms with Gasteiger partial charge in [-0.2, -0.15) is 0 Å². The average molecular weight is 425 g/mol. The molecule has 1 aliphatic rings. The molecule has 6 nitrogen and oxygen atoms in total. The molecule has 0 saturated carbocycles. The van der Waals surface area contributed by atoms with Crippen molar-refractivity contribution in [2.24, 2.45) is 0 Å². The molecule has 1 aliphatic heterocycles. The van der Waals surface area contributed by atoms with E-state index in [-0.39, 0.29) is 18.1 Å². The summed E-state index contributed by atoms with van der Waals surface area (Å²) in [6.07, 6.45) is 6.90. The van der Waals surface area contributed by atoms with Crippen LogP contribution < -0.4 is 14.4 Å². The van der Waals surface area contributed by atoms with E-state index in [4.69, 9.17) is 28.1 Å². The van der Waals surface area contributed by atoms with Crippen LogP contribution in [0.2, 0.25) is 0 Å². The third kappa shape index (κ3) is 4.42. The predicted octanol–water partition coefficient (Wildman–Crippen LogP) is 3.81. The van der Waals surface area contributed by atoms with Crippen LogP contribution in [0.1, 0.15) is 15.9 Å². The van der Waals surface area contributed by atoms with E-state index in [2.05, 4.69) is 5.92 Å². The molecule has 0 unspecified atom stereocenters. The summed E-state index contributed by atoms with van der Waals surface area (Å²) in [6.45, 7) is 0.115. The highest BCUT2D eigenvalue weighted by molar-refractivity contribution is 8.27. The van der Waals surface area contributed by atoms with E-state index >= 15 is 0 Å². The zero-order valence-corrected chi connectivity index (χ0v) is 16.9. The van der Waals surface area contributed by atoms with Crippen LogP contribution in [-0.4, -0.2) is 35.0 Å². The lowest BCUT2D eigenvalue weighted by Gasteiger charge is -2.14. The molecule has 29 heavy (non-hydrogen) atoms. The highest BCUT2D eigenvalue weighted by atomic mass is 32.2. The predicted molar refractivity (Wildman–Crippen MR) is 116 cm³/mol. The molecule has 1 saturated heterocycles. The first-order valence-corrected chi connectivity index (χ1v) is 9.52. The number of benzene rings is 2. The molecular weight excluding hydrogens is 410 g/mol. The molecule has 1 N–H and O–H groups in total. The number of carboxylic acid groups (broad SMARTS) is 1. The summed E-state index contributed by atoms with van der Waals surface area (Å²) in [5, 5.41) is 9.17. The lowest BCUT2D eigenvalue weighted by atomic mass is 10.1. The summed E-state index contributed by atoms with van der Waals surface area (Å²) in [6, 6.07) is 11.3. The Bertz CT molecular complexity index is 1070. The van der Waals surface area contributed by atoms with Gasteiger partial charge in [-0.3, -0.25) is 9.69 Å². The SMILES string of the molecule is C#CCOc1ccc(/C=C2/SC(=S)N(c3cccc(C(=O)O)c3)C2=O)cc1OC. The van der Waals surface area contributed by atoms with Crippen LogP contribution in [-0.2, 0) is 4.79 Å². The fourth-order valence-electron chi connectivity index (χ4n) is 2.63. The van der Waals surface area contributed by atoms with Gasteiger partial charge in [0.25, 0.3) is 5.91 Å². The first kappa shape index (κ1) is 20.5. The van der Waals surface area contributed by atoms with Gasteiger partial charge in [-0.15, -0.1) is 6.42 Å². The van der Waals surface area contributed by atoms with E-state index in [1.165, 1.54) is 24.1 Å². The van der Waals surface area contributed by atoms with Crippen LogP contribution in [0.3, 0.4) is 0 Å². The zero-order chi connectivity index (χ0) is 21.0. The van der Waals surface area contributed by atoms with Crippen molar-refractivity contribution in [3.05, 3.63) is 58.5 Å². The van der Waals surface area contributed by atoms with Crippen molar-refractivity contribution in [3.63, 3.8) is 0 Å². The molecule has 0 aliphatic carbocycles. The Kier molecular flexibility index (Phi) is 6.22. The van der Waals surface area contributed by atoms with E-state index in [1.807, 2.05) is 0 Å². The monoisotopic (exact) mass is 425 g/mol. The number of thiocarbonyl (C=S) groups is 1. The van der Waals surface area contributed by atoms with Crippen molar-refractivity contribution in [1.29, 1.82) is 0 Å². The Balaban J connectivity index is 1.89. The van der Waals surface area contributed by atoms with Gasteiger partial charge in [0.2, 0.25) is 0 Å². The number of terminal acetylenes is 1. The number of hydrogen-bond donors (Lipinski definition) is 1. The van der Waals surface area contributed by atoms with Crippen LogP contribution in [0.5, 0.6) is 11.5 Å². The van der Waals surface area contributed by atoms with Gasteiger partial charge in [-0.1, -0.05) is 42.0 Å². The molecular formula is C21H15NO5S2. The second kappa shape index (κ2) is 8.82. The Hall–Kier alpha value is -3.28. The summed E-state index contributed by atoms with van der Waals surface area (Å²) >= 11 is 6.48. The summed E-state index contributed by atoms with van der Waals surface area (Å²) < 4.78 is 11.1. The number of carboxylic acids is 1. The third-order valence-corrected chi connectivity index (χ3v) is 5.24. The van der Waals surface area contributed by atoms with Gasteiger partial charge < -0.3 is 14.6 Å². The molecule has 2 aromatic rings. The lowest BCUT2D eigenvalue weighted by Crippen LogP contribution is -2.27. The minimum Gasteiger partial charge on any atom is -0.493 e. The zero-order valence-electron chi connectivity index (χ0n) is 15.2. The van der Waals surface area contributed by atoms with Gasteiger partial charge in [0.15, 0.2) is 15.8 Å². The maximum atomic E-state index is 12.9. The van der Waals surface area contributed by atoms with Gasteiger partial charge in [0.1, 0.15) is 6.61 Å². The standard InChI is InChI=1S/C21H15NO5S2/c1-3-9-27-16-8-7-13(10-17(16)26-2)11-18-19(23)22(21(28)29-18)15-6-4-5-14(12-15)20(24)25/h1,4-8,10-12H,9H2,2H3,(H,24,25)/b18-11+. The molecule has 1 amide bonds. The Morgan fingerprint density at radius 2 is 2.10 bits per heavy atom. The fraction of sp³-hybridized carbons (Fsp3) is 0.0952. The van der Waals surface area contributed by atoms with Gasteiger partial charge >= 0.3 is 5.97 Å². The first-order chi connectivity index (χ1) is 13.9. The molecule has 1 fully saturated rings. The largest absolute Gasteiger partial charge is 0.493 e. The minimum atomic E-state index is -1.08. The fourth-order valence-corrected chi connectivity index (χ4v) is 3.93. The number of aromatic carboxylic acids is 1. The summed E-state index contributed by atoms with van der Waals surface area (Å²) in [5.41, 5.74) is 1.20. The lowest BCUT2D eigenvalue weighted by molar-refractivity contribution is -0.113. The second-order valence-corrected chi connectivity index (χ2v) is 7.45. The van der Waals surface area contributed by atoms with Gasteiger partial charge in [0, 0.05) is 0 Å². The highest BCUT2D eigenvalue weighted by Gasteiger charge is 2.33. The summed E-state index contributed by atoms with van der Waals surface area (Å²) in [5.74, 6) is 1.97. The molecule has 8 heteroatoms. The van der Waals surface area contributed by atoms with Crippen molar-refractivity contribution < 1.29 is 24.2 Å². The average Bonchev–Trinajstić information content (AvgIpc) is 2.99. The van der Waals surface area contributed by atoms with Crippen LogP contribution in [0.4, 0.5) is 5.69 Å². The normalized spacial score (nSPS) is 14.8. The van der Waals surface area contributed by atoms with Crippen molar-refractivity contribution in [2.45, 2.75) is 0 Å². The summed E-state index contributed by atoms with van der Waals surface area (Å²) in [7, 11) is 1.51. The van der Waals surface area contributed by atoms with Gasteiger partial charge in [-0.05, 0) is 42.0 Å². The van der Waals surface area contributed by atoms with E-state index < -0.39 is 5.97 Å². The minimum absolute atomic E-state index is 0.0767. The van der Waals surface area contributed by atoms with Crippen LogP contribution in [0.25, 0.3) is 6.08 Å². The molecule has 0 aromatic heterocycles. The topological polar surface area (TPSA) is 76.1 Å². The van der Waals surface area contributed by atoms with Gasteiger partial charge in [-0.25, -0.2) is 4.79 Å². The number of thioether (sulfide) groups is 1. The number of carbonyl (C=O) groups excluding carboxylic acids is 1. The molecule has 0 spiro atoms. The first-order valence-electron chi connectivity index (χ1n) is 8.30. The Morgan fingerprint density at radius 3 is 2.79 bits per heavy atom. The quantitative estimate of drug-likeness (QED) is 0.428. The number of anilines is 1. The molecule has 3 rings (SSSR count). The van der Waals surface area contributed by atoms with E-state index in [1.54, 1.807) is 36.4 Å². The van der Waals surface area contributed by atoms with E-state index in [0.29, 0.717) is 26.4 Å². The number of carbonyl (C=O) groups is 2. The maximum Gasteiger partial charge on any atom is 0.335 e. The number of ether oxygens (including phenoxy) is 2. The molecule has 0 radical (unpaired) electrons. The van der Waals surface area contributed by atoms with Crippen molar-refractivity contribution in [3.8, 4) is 23.8 Å². The number of nitrogens with zero attached hydrogens (tertiary/aromatic N) is 1. The third-order valence-electron chi connectivity index (χ3n) is 3.94. The Morgan fingerprint density at radius 1 is 1.31 bits per heavy atom. The summed E-state index contributed by atoms with van der Waals surface area (Å²) in [4.78, 5) is 25.8. The molecule has 146 valence electrons. The highest BCUT2D eigenvalue weighted by Crippen LogP contribution is 2.37. The Labute approximate surface area is 177 Å². The molecule has 0 atom stereocenters. The smallest absolute Gasteiger partial charge is 0.335 e. The van der Waals surface area contributed by atoms with E-state index in [0.717, 1.165) is 17.3 Å². The number of hydrogen-bond acceptors (Lipinski definition) is 6. The maximum absolute atomic E-state index is 12.9. The van der Waals surface area contributed by atoms with Crippen LogP contribution in [0.15, 0.2) is 47.4 Å². The van der Waals surface area contributed by atoms with Gasteiger partial charge in [0.05, 0.1) is 23.3 Å².